The lowest BCUT2D eigenvalue weighted by molar-refractivity contribution is -0.123. The number of halogens is 1. The lowest BCUT2D eigenvalue weighted by atomic mass is 9.97. The molecule has 0 saturated carbocycles. The number of nitrogens with zero attached hydrogens (tertiary/aromatic N) is 1. The molecule has 1 N–H and O–H groups in total. The number of allylic oxidation sites excluding steroid dienone is 1. The molecular weight excluding hydrogens is 456 g/mol. The van der Waals surface area contributed by atoms with Gasteiger partial charge in [-0.1, -0.05) is 57.9 Å². The highest BCUT2D eigenvalue weighted by atomic mass is 79.9. The lowest BCUT2D eigenvalue weighted by Gasteiger charge is -2.30. The molecule has 1 aliphatic heterocycles. The first-order valence-electron chi connectivity index (χ1n) is 10.6. The van der Waals surface area contributed by atoms with E-state index in [0.29, 0.717) is 18.0 Å². The van der Waals surface area contributed by atoms with Gasteiger partial charge in [-0.25, -0.2) is 0 Å². The molecule has 2 aromatic rings. The highest BCUT2D eigenvalue weighted by molar-refractivity contribution is 9.10. The molecule has 1 aliphatic carbocycles. The number of benzene rings is 2. The Morgan fingerprint density at radius 1 is 1.13 bits per heavy atom. The Balaban J connectivity index is 1.49. The summed E-state index contributed by atoms with van der Waals surface area (Å²) in [6.45, 7) is 0.538. The minimum absolute atomic E-state index is 0.0500. The van der Waals surface area contributed by atoms with Gasteiger partial charge in [0.05, 0.1) is 5.69 Å². The normalized spacial score (nSPS) is 17.1. The van der Waals surface area contributed by atoms with E-state index < -0.39 is 0 Å². The molecule has 0 unspecified atom stereocenters. The summed E-state index contributed by atoms with van der Waals surface area (Å²) in [6, 6.07) is 14.9. The molecule has 31 heavy (non-hydrogen) atoms. The van der Waals surface area contributed by atoms with Gasteiger partial charge >= 0.3 is 0 Å². The summed E-state index contributed by atoms with van der Waals surface area (Å²) >= 11 is 3.50. The number of ether oxygens (including phenoxy) is 1. The minimum atomic E-state index is -0.334. The Hall–Kier alpha value is -2.86. The number of amides is 2. The number of nitrogens with one attached hydrogen (secondary N) is 1. The van der Waals surface area contributed by atoms with E-state index in [4.69, 9.17) is 4.74 Å². The topological polar surface area (TPSA) is 58.6 Å². The molecule has 0 spiro atoms. The average Bonchev–Trinajstić information content (AvgIpc) is 2.79. The second-order valence-electron chi connectivity index (χ2n) is 7.70. The van der Waals surface area contributed by atoms with Gasteiger partial charge in [0.2, 0.25) is 5.91 Å². The van der Waals surface area contributed by atoms with E-state index in [1.54, 1.807) is 18.2 Å². The molecule has 1 heterocycles. The fraction of sp³-hybridized carbons (Fsp3) is 0.280. The van der Waals surface area contributed by atoms with Crippen LogP contribution in [0.3, 0.4) is 0 Å². The Kier molecular flexibility index (Phi) is 6.87. The van der Waals surface area contributed by atoms with Crippen molar-refractivity contribution in [3.63, 3.8) is 0 Å². The van der Waals surface area contributed by atoms with Gasteiger partial charge in [0, 0.05) is 11.0 Å². The molecule has 2 aliphatic rings. The van der Waals surface area contributed by atoms with Crippen LogP contribution in [0.25, 0.3) is 6.08 Å². The third kappa shape index (κ3) is 5.25. The predicted molar refractivity (Wildman–Crippen MR) is 126 cm³/mol. The number of para-hydroxylation sites is 2. The summed E-state index contributed by atoms with van der Waals surface area (Å²) in [5.74, 6) is 0.229. The van der Waals surface area contributed by atoms with Crippen LogP contribution in [0.2, 0.25) is 0 Å². The summed E-state index contributed by atoms with van der Waals surface area (Å²) < 4.78 is 6.75. The number of carbonyl (C=O) groups is 2. The van der Waals surface area contributed by atoms with E-state index in [1.165, 1.54) is 23.3 Å². The van der Waals surface area contributed by atoms with Crippen molar-refractivity contribution in [3.05, 3.63) is 76.0 Å². The Bertz CT molecular complexity index is 1040. The summed E-state index contributed by atoms with van der Waals surface area (Å²) in [5.41, 5.74) is 2.84. The van der Waals surface area contributed by atoms with Crippen LogP contribution in [0.15, 0.2) is 70.4 Å². The number of hydrogen-bond acceptors (Lipinski definition) is 3. The zero-order valence-corrected chi connectivity index (χ0v) is 18.9. The van der Waals surface area contributed by atoms with Gasteiger partial charge in [-0.15, -0.1) is 0 Å². The van der Waals surface area contributed by atoms with Gasteiger partial charge in [-0.2, -0.15) is 0 Å². The third-order valence-corrected chi connectivity index (χ3v) is 6.20. The number of carbonyl (C=O) groups excluding carboxylic acids is 2. The molecule has 160 valence electrons. The highest BCUT2D eigenvalue weighted by Crippen LogP contribution is 2.35. The number of hydrogen-bond donors (Lipinski definition) is 1. The van der Waals surface area contributed by atoms with Crippen molar-refractivity contribution in [3.8, 4) is 5.75 Å². The second kappa shape index (κ2) is 9.96. The average molecular weight is 481 g/mol. The van der Waals surface area contributed by atoms with Gasteiger partial charge in [0.25, 0.3) is 5.91 Å². The van der Waals surface area contributed by atoms with Crippen LogP contribution in [0, 0.1) is 0 Å². The van der Waals surface area contributed by atoms with Crippen LogP contribution < -0.4 is 15.0 Å². The monoisotopic (exact) mass is 480 g/mol. The Morgan fingerprint density at radius 3 is 2.74 bits per heavy atom. The largest absolute Gasteiger partial charge is 0.449 e. The van der Waals surface area contributed by atoms with E-state index in [0.717, 1.165) is 29.3 Å². The summed E-state index contributed by atoms with van der Waals surface area (Å²) in [7, 11) is 0. The maximum atomic E-state index is 13.2. The molecule has 6 heteroatoms. The number of anilines is 1. The van der Waals surface area contributed by atoms with Crippen LogP contribution >= 0.6 is 15.9 Å². The van der Waals surface area contributed by atoms with Crippen molar-refractivity contribution >= 4 is 39.5 Å². The first kappa shape index (κ1) is 21.4. The van der Waals surface area contributed by atoms with Crippen molar-refractivity contribution in [2.24, 2.45) is 0 Å². The van der Waals surface area contributed by atoms with E-state index in [2.05, 4.69) is 27.3 Å². The standard InChI is InChI=1S/C25H25BrN2O3/c26-20-11-5-4-10-19(20)16-23-25(30)28(21-12-6-7-13-22(21)31-23)17-24(29)27-15-14-18-8-2-1-3-9-18/h4-8,10-13,16H,1-3,9,14-15,17H2,(H,27,29)/b23-16+. The smallest absolute Gasteiger partial charge is 0.294 e. The van der Waals surface area contributed by atoms with Crippen molar-refractivity contribution in [2.75, 3.05) is 18.0 Å². The SMILES string of the molecule is O=C(CN1C(=O)/C(=C\c2ccccc2Br)Oc2ccccc21)NCCC1=CCCCC1. The van der Waals surface area contributed by atoms with Gasteiger partial charge in [-0.05, 0) is 61.9 Å². The van der Waals surface area contributed by atoms with Crippen molar-refractivity contribution < 1.29 is 14.3 Å². The highest BCUT2D eigenvalue weighted by Gasteiger charge is 2.31. The van der Waals surface area contributed by atoms with Crippen molar-refractivity contribution in [2.45, 2.75) is 32.1 Å². The van der Waals surface area contributed by atoms with Gasteiger partial charge in [0.1, 0.15) is 6.54 Å². The molecular formula is C25H25BrN2O3. The molecule has 0 fully saturated rings. The predicted octanol–water partition coefficient (Wildman–Crippen LogP) is 5.22. The summed E-state index contributed by atoms with van der Waals surface area (Å²) in [4.78, 5) is 27.3. The molecule has 2 aromatic carbocycles. The quantitative estimate of drug-likeness (QED) is 0.455. The molecule has 0 aromatic heterocycles. The number of fused-ring (bicyclic) bond motifs is 1. The maximum Gasteiger partial charge on any atom is 0.294 e. The molecule has 4 rings (SSSR count). The molecule has 0 bridgehead atoms. The van der Waals surface area contributed by atoms with E-state index in [1.807, 2.05) is 36.4 Å². The Labute approximate surface area is 190 Å². The molecule has 2 amide bonds. The van der Waals surface area contributed by atoms with Crippen LogP contribution in [0.1, 0.15) is 37.7 Å². The fourth-order valence-corrected chi connectivity index (χ4v) is 4.25. The van der Waals surface area contributed by atoms with Crippen LogP contribution in [0.5, 0.6) is 5.75 Å². The zero-order chi connectivity index (χ0) is 21.6. The van der Waals surface area contributed by atoms with Gasteiger partial charge in [0.15, 0.2) is 11.5 Å². The zero-order valence-electron chi connectivity index (χ0n) is 17.3. The second-order valence-corrected chi connectivity index (χ2v) is 8.55. The maximum absolute atomic E-state index is 13.2. The molecule has 5 nitrogen and oxygen atoms in total. The Morgan fingerprint density at radius 2 is 1.94 bits per heavy atom. The first-order valence-corrected chi connectivity index (χ1v) is 11.4. The van der Waals surface area contributed by atoms with Crippen LogP contribution in [-0.2, 0) is 9.59 Å². The van der Waals surface area contributed by atoms with E-state index >= 15 is 0 Å². The fourth-order valence-electron chi connectivity index (χ4n) is 3.85. The molecule has 0 saturated heterocycles. The van der Waals surface area contributed by atoms with Crippen molar-refractivity contribution in [1.82, 2.24) is 5.32 Å². The van der Waals surface area contributed by atoms with E-state index in [9.17, 15) is 9.59 Å². The molecule has 0 atom stereocenters. The summed E-state index contributed by atoms with van der Waals surface area (Å²) in [5, 5.41) is 2.96. The van der Waals surface area contributed by atoms with Crippen LogP contribution in [0.4, 0.5) is 5.69 Å². The van der Waals surface area contributed by atoms with Crippen molar-refractivity contribution in [1.29, 1.82) is 0 Å². The first-order chi connectivity index (χ1) is 15.1. The van der Waals surface area contributed by atoms with E-state index in [-0.39, 0.29) is 24.1 Å². The van der Waals surface area contributed by atoms with Crippen LogP contribution in [-0.4, -0.2) is 24.9 Å². The molecule has 0 radical (unpaired) electrons. The van der Waals surface area contributed by atoms with Gasteiger partial charge in [-0.3, -0.25) is 14.5 Å². The summed E-state index contributed by atoms with van der Waals surface area (Å²) in [6.07, 6.45) is 9.59. The minimum Gasteiger partial charge on any atom is -0.449 e. The third-order valence-electron chi connectivity index (χ3n) is 5.48. The number of rotatable bonds is 6. The van der Waals surface area contributed by atoms with Gasteiger partial charge < -0.3 is 10.1 Å². The lowest BCUT2D eigenvalue weighted by Crippen LogP contribution is -2.44.